The maximum atomic E-state index is 5.99. The molecule has 18 heavy (non-hydrogen) atoms. The lowest BCUT2D eigenvalue weighted by atomic mass is 10.1. The normalized spacial score (nSPS) is 13.0. The molecule has 1 atom stereocenters. The van der Waals surface area contributed by atoms with Crippen molar-refractivity contribution in [3.63, 3.8) is 0 Å². The van der Waals surface area contributed by atoms with Crippen molar-refractivity contribution in [3.05, 3.63) is 33.0 Å². The van der Waals surface area contributed by atoms with Crippen molar-refractivity contribution in [3.8, 4) is 11.5 Å². The topological polar surface area (TPSA) is 64.9 Å². The van der Waals surface area contributed by atoms with E-state index in [4.69, 9.17) is 10.3 Å². The van der Waals surface area contributed by atoms with E-state index >= 15 is 0 Å². The van der Waals surface area contributed by atoms with Gasteiger partial charge in [-0.2, -0.15) is 4.98 Å². The first kappa shape index (κ1) is 13.7. The van der Waals surface area contributed by atoms with Crippen LogP contribution >= 0.6 is 31.9 Å². The Balaban J connectivity index is 2.38. The van der Waals surface area contributed by atoms with Crippen LogP contribution in [-0.4, -0.2) is 10.1 Å². The second-order valence-electron chi connectivity index (χ2n) is 4.35. The molecule has 0 saturated carbocycles. The molecule has 0 aliphatic rings. The number of hydrogen-bond acceptors (Lipinski definition) is 4. The number of rotatable bonds is 3. The van der Waals surface area contributed by atoms with Gasteiger partial charge in [-0.1, -0.05) is 34.9 Å². The number of halogens is 2. The van der Waals surface area contributed by atoms with Crippen LogP contribution in [0.4, 0.5) is 0 Å². The highest BCUT2D eigenvalue weighted by Crippen LogP contribution is 2.30. The first-order chi connectivity index (χ1) is 8.49. The molecule has 1 unspecified atom stereocenters. The predicted molar refractivity (Wildman–Crippen MR) is 76.9 cm³/mol. The minimum Gasteiger partial charge on any atom is -0.334 e. The minimum absolute atomic E-state index is 0.214. The summed E-state index contributed by atoms with van der Waals surface area (Å²) in [4.78, 5) is 4.35. The van der Waals surface area contributed by atoms with Crippen LogP contribution in [0.1, 0.15) is 25.7 Å². The molecule has 2 aromatic rings. The highest BCUT2D eigenvalue weighted by Gasteiger charge is 2.19. The van der Waals surface area contributed by atoms with Crippen LogP contribution in [0.25, 0.3) is 11.5 Å². The second-order valence-corrected chi connectivity index (χ2v) is 6.12. The van der Waals surface area contributed by atoms with Gasteiger partial charge < -0.3 is 10.3 Å². The molecule has 2 rings (SSSR count). The molecule has 0 aliphatic carbocycles. The Bertz CT molecular complexity index is 554. The zero-order valence-corrected chi connectivity index (χ0v) is 13.2. The summed E-state index contributed by atoms with van der Waals surface area (Å²) in [5.41, 5.74) is 6.84. The largest absolute Gasteiger partial charge is 0.334 e. The molecule has 1 aromatic carbocycles. The van der Waals surface area contributed by atoms with Gasteiger partial charge >= 0.3 is 0 Å². The molecule has 96 valence electrons. The number of nitrogens with two attached hydrogens (primary N) is 1. The molecule has 0 radical (unpaired) electrons. The van der Waals surface area contributed by atoms with Gasteiger partial charge in [0.25, 0.3) is 5.89 Å². The molecule has 4 nitrogen and oxygen atoms in total. The summed E-state index contributed by atoms with van der Waals surface area (Å²) in [6, 6.07) is 5.56. The first-order valence-corrected chi connectivity index (χ1v) is 7.12. The standard InChI is InChI=1S/C12H13Br2N3O/c1-6(2)10(15)11-16-12(18-17-11)8-5-7(13)3-4-9(8)14/h3-6,10H,15H2,1-2H3. The fraction of sp³-hybridized carbons (Fsp3) is 0.333. The molecule has 1 heterocycles. The van der Waals surface area contributed by atoms with E-state index in [1.54, 1.807) is 0 Å². The second kappa shape index (κ2) is 5.50. The lowest BCUT2D eigenvalue weighted by molar-refractivity contribution is 0.400. The van der Waals surface area contributed by atoms with Gasteiger partial charge in [-0.05, 0) is 40.0 Å². The summed E-state index contributed by atoms with van der Waals surface area (Å²) in [7, 11) is 0. The zero-order valence-electron chi connectivity index (χ0n) is 10.0. The van der Waals surface area contributed by atoms with Crippen molar-refractivity contribution in [1.29, 1.82) is 0 Å². The average Bonchev–Trinajstić information content (AvgIpc) is 2.80. The van der Waals surface area contributed by atoms with Crippen LogP contribution < -0.4 is 5.73 Å². The third-order valence-electron chi connectivity index (χ3n) is 2.62. The van der Waals surface area contributed by atoms with Gasteiger partial charge in [-0.25, -0.2) is 0 Å². The fourth-order valence-electron chi connectivity index (χ4n) is 1.44. The van der Waals surface area contributed by atoms with Crippen molar-refractivity contribution in [2.45, 2.75) is 19.9 Å². The molecule has 1 aromatic heterocycles. The quantitative estimate of drug-likeness (QED) is 0.884. The Morgan fingerprint density at radius 3 is 2.67 bits per heavy atom. The van der Waals surface area contributed by atoms with Crippen molar-refractivity contribution in [2.24, 2.45) is 11.7 Å². The lowest BCUT2D eigenvalue weighted by Crippen LogP contribution is -2.18. The highest BCUT2D eigenvalue weighted by atomic mass is 79.9. The van der Waals surface area contributed by atoms with Crippen LogP contribution in [0.5, 0.6) is 0 Å². The Labute approximate surface area is 122 Å². The third kappa shape index (κ3) is 2.81. The minimum atomic E-state index is -0.214. The van der Waals surface area contributed by atoms with Crippen LogP contribution in [0.2, 0.25) is 0 Å². The van der Waals surface area contributed by atoms with Gasteiger partial charge in [0.15, 0.2) is 5.82 Å². The predicted octanol–water partition coefficient (Wildman–Crippen LogP) is 3.92. The van der Waals surface area contributed by atoms with E-state index in [-0.39, 0.29) is 12.0 Å². The monoisotopic (exact) mass is 373 g/mol. The maximum absolute atomic E-state index is 5.99. The van der Waals surface area contributed by atoms with Crippen molar-refractivity contribution in [1.82, 2.24) is 10.1 Å². The third-order valence-corrected chi connectivity index (χ3v) is 3.80. The molecule has 0 spiro atoms. The van der Waals surface area contributed by atoms with Gasteiger partial charge in [-0.3, -0.25) is 0 Å². The lowest BCUT2D eigenvalue weighted by Gasteiger charge is -2.09. The Hall–Kier alpha value is -0.720. The Morgan fingerprint density at radius 2 is 2.00 bits per heavy atom. The average molecular weight is 375 g/mol. The molecular formula is C12H13Br2N3O. The molecule has 6 heteroatoms. The van der Waals surface area contributed by atoms with Crippen LogP contribution in [0.15, 0.2) is 31.7 Å². The number of benzene rings is 1. The number of hydrogen-bond donors (Lipinski definition) is 1. The molecule has 0 bridgehead atoms. The summed E-state index contributed by atoms with van der Waals surface area (Å²) in [6.07, 6.45) is 0. The number of nitrogens with zero attached hydrogens (tertiary/aromatic N) is 2. The van der Waals surface area contributed by atoms with Gasteiger partial charge in [0.1, 0.15) is 0 Å². The summed E-state index contributed by atoms with van der Waals surface area (Å²) < 4.78 is 7.12. The molecule has 2 N–H and O–H groups in total. The van der Waals surface area contributed by atoms with Crippen molar-refractivity contribution < 1.29 is 4.52 Å². The van der Waals surface area contributed by atoms with E-state index in [1.807, 2.05) is 32.0 Å². The van der Waals surface area contributed by atoms with Crippen LogP contribution in [0, 0.1) is 5.92 Å². The fourth-order valence-corrected chi connectivity index (χ4v) is 2.22. The molecule has 0 saturated heterocycles. The first-order valence-electron chi connectivity index (χ1n) is 5.53. The smallest absolute Gasteiger partial charge is 0.259 e. The highest BCUT2D eigenvalue weighted by molar-refractivity contribution is 9.11. The van der Waals surface area contributed by atoms with Gasteiger partial charge in [-0.15, -0.1) is 0 Å². The summed E-state index contributed by atoms with van der Waals surface area (Å²) in [5.74, 6) is 1.27. The summed E-state index contributed by atoms with van der Waals surface area (Å²) >= 11 is 6.88. The summed E-state index contributed by atoms with van der Waals surface area (Å²) in [6.45, 7) is 4.05. The Morgan fingerprint density at radius 1 is 1.28 bits per heavy atom. The van der Waals surface area contributed by atoms with E-state index in [9.17, 15) is 0 Å². The van der Waals surface area contributed by atoms with E-state index < -0.39 is 0 Å². The number of aromatic nitrogens is 2. The van der Waals surface area contributed by atoms with Crippen LogP contribution in [-0.2, 0) is 0 Å². The molecule has 0 aliphatic heterocycles. The maximum Gasteiger partial charge on any atom is 0.259 e. The zero-order chi connectivity index (χ0) is 13.3. The molecule has 0 amide bonds. The van der Waals surface area contributed by atoms with Crippen molar-refractivity contribution in [2.75, 3.05) is 0 Å². The SMILES string of the molecule is CC(C)C(N)c1noc(-c2cc(Br)ccc2Br)n1. The van der Waals surface area contributed by atoms with E-state index in [1.165, 1.54) is 0 Å². The van der Waals surface area contributed by atoms with E-state index in [2.05, 4.69) is 42.0 Å². The molecule has 0 fully saturated rings. The van der Waals surface area contributed by atoms with Gasteiger partial charge in [0, 0.05) is 8.95 Å². The van der Waals surface area contributed by atoms with E-state index in [0.717, 1.165) is 14.5 Å². The summed E-state index contributed by atoms with van der Waals surface area (Å²) in [5, 5.41) is 3.94. The Kier molecular flexibility index (Phi) is 4.19. The van der Waals surface area contributed by atoms with Gasteiger partial charge in [0.2, 0.25) is 0 Å². The van der Waals surface area contributed by atoms with Gasteiger partial charge in [0.05, 0.1) is 11.6 Å². The van der Waals surface area contributed by atoms with Crippen LogP contribution in [0.3, 0.4) is 0 Å². The molecular weight excluding hydrogens is 362 g/mol. The van der Waals surface area contributed by atoms with Crippen molar-refractivity contribution >= 4 is 31.9 Å². The van der Waals surface area contributed by atoms with E-state index in [0.29, 0.717) is 11.7 Å².